The van der Waals surface area contributed by atoms with Crippen molar-refractivity contribution in [2.45, 2.75) is 51.6 Å². The molecule has 1 saturated carbocycles. The summed E-state index contributed by atoms with van der Waals surface area (Å²) in [5.74, 6) is 0.792. The van der Waals surface area contributed by atoms with Gasteiger partial charge in [0.25, 0.3) is 0 Å². The summed E-state index contributed by atoms with van der Waals surface area (Å²) in [6.45, 7) is 4.26. The van der Waals surface area contributed by atoms with Crippen molar-refractivity contribution in [1.29, 1.82) is 0 Å². The van der Waals surface area contributed by atoms with Crippen LogP contribution in [0, 0.1) is 5.92 Å². The van der Waals surface area contributed by atoms with E-state index in [2.05, 4.69) is 19.2 Å². The second kappa shape index (κ2) is 4.61. The van der Waals surface area contributed by atoms with Gasteiger partial charge < -0.3 is 11.1 Å². The van der Waals surface area contributed by atoms with E-state index in [0.29, 0.717) is 24.4 Å². The second-order valence-corrected chi connectivity index (χ2v) is 4.43. The van der Waals surface area contributed by atoms with Crippen LogP contribution < -0.4 is 11.1 Å². The zero-order chi connectivity index (χ0) is 9.84. The van der Waals surface area contributed by atoms with Crippen LogP contribution in [0.1, 0.15) is 39.5 Å². The van der Waals surface area contributed by atoms with Crippen molar-refractivity contribution in [3.05, 3.63) is 0 Å². The zero-order valence-electron chi connectivity index (χ0n) is 8.55. The Kier molecular flexibility index (Phi) is 3.72. The largest absolute Gasteiger partial charge is 0.353 e. The number of amides is 1. The van der Waals surface area contributed by atoms with E-state index in [1.807, 2.05) is 0 Å². The van der Waals surface area contributed by atoms with Crippen LogP contribution in [-0.2, 0) is 4.79 Å². The summed E-state index contributed by atoms with van der Waals surface area (Å²) in [5, 5.41) is 2.98. The molecule has 0 atom stereocenters. The van der Waals surface area contributed by atoms with Crippen molar-refractivity contribution in [3.8, 4) is 0 Å². The lowest BCUT2D eigenvalue weighted by atomic mass is 9.87. The summed E-state index contributed by atoms with van der Waals surface area (Å²) in [5.41, 5.74) is 5.62. The van der Waals surface area contributed by atoms with Crippen LogP contribution in [0.4, 0.5) is 0 Å². The quantitative estimate of drug-likeness (QED) is 0.685. The second-order valence-electron chi connectivity index (χ2n) is 4.43. The molecule has 1 aliphatic carbocycles. The van der Waals surface area contributed by atoms with Gasteiger partial charge in [-0.15, -0.1) is 0 Å². The van der Waals surface area contributed by atoms with E-state index >= 15 is 0 Å². The smallest absolute Gasteiger partial charge is 0.220 e. The molecular weight excluding hydrogens is 164 g/mol. The van der Waals surface area contributed by atoms with Gasteiger partial charge in [-0.2, -0.15) is 0 Å². The molecule has 0 aliphatic heterocycles. The Bertz CT molecular complexity index is 174. The lowest BCUT2D eigenvalue weighted by Gasteiger charge is -2.33. The molecule has 1 rings (SSSR count). The molecule has 0 heterocycles. The maximum Gasteiger partial charge on any atom is 0.220 e. The fourth-order valence-electron chi connectivity index (χ4n) is 1.50. The Balaban J connectivity index is 2.05. The Morgan fingerprint density at radius 1 is 1.54 bits per heavy atom. The highest BCUT2D eigenvalue weighted by molar-refractivity contribution is 5.76. The molecule has 3 nitrogen and oxygen atoms in total. The molecule has 0 unspecified atom stereocenters. The van der Waals surface area contributed by atoms with Gasteiger partial charge in [0.15, 0.2) is 0 Å². The number of nitrogens with one attached hydrogen (secondary N) is 1. The van der Waals surface area contributed by atoms with Gasteiger partial charge >= 0.3 is 0 Å². The minimum Gasteiger partial charge on any atom is -0.353 e. The summed E-state index contributed by atoms with van der Waals surface area (Å²) in [7, 11) is 0. The van der Waals surface area contributed by atoms with Crippen LogP contribution in [0.2, 0.25) is 0 Å². The third kappa shape index (κ3) is 3.77. The molecule has 3 N–H and O–H groups in total. The maximum absolute atomic E-state index is 11.3. The third-order valence-corrected chi connectivity index (χ3v) is 2.49. The molecule has 0 aromatic rings. The molecule has 1 fully saturated rings. The summed E-state index contributed by atoms with van der Waals surface area (Å²) in [6.07, 6.45) is 3.54. The first-order chi connectivity index (χ1) is 6.08. The van der Waals surface area contributed by atoms with Gasteiger partial charge in [-0.25, -0.2) is 0 Å². The van der Waals surface area contributed by atoms with Crippen LogP contribution in [0.15, 0.2) is 0 Å². The predicted octanol–water partition coefficient (Wildman–Crippen LogP) is 1.03. The van der Waals surface area contributed by atoms with Gasteiger partial charge in [-0.1, -0.05) is 13.8 Å². The lowest BCUT2D eigenvalue weighted by molar-refractivity contribution is -0.122. The zero-order valence-corrected chi connectivity index (χ0v) is 8.55. The van der Waals surface area contributed by atoms with Gasteiger partial charge in [0, 0.05) is 18.5 Å². The van der Waals surface area contributed by atoms with Crippen LogP contribution in [0.25, 0.3) is 0 Å². The van der Waals surface area contributed by atoms with Gasteiger partial charge in [0.2, 0.25) is 5.91 Å². The SMILES string of the molecule is CC(C)CCC(=O)NC1CC(N)C1. The number of hydrogen-bond donors (Lipinski definition) is 2. The lowest BCUT2D eigenvalue weighted by Crippen LogP contribution is -2.50. The molecule has 0 aromatic carbocycles. The van der Waals surface area contributed by atoms with E-state index in [9.17, 15) is 4.79 Å². The number of nitrogens with two attached hydrogens (primary N) is 1. The fraction of sp³-hybridized carbons (Fsp3) is 0.900. The third-order valence-electron chi connectivity index (χ3n) is 2.49. The number of rotatable bonds is 4. The van der Waals surface area contributed by atoms with E-state index < -0.39 is 0 Å². The molecule has 0 saturated heterocycles. The highest BCUT2D eigenvalue weighted by atomic mass is 16.1. The van der Waals surface area contributed by atoms with Crippen molar-refractivity contribution in [2.75, 3.05) is 0 Å². The Labute approximate surface area is 80.1 Å². The van der Waals surface area contributed by atoms with Crippen molar-refractivity contribution < 1.29 is 4.79 Å². The normalized spacial score (nSPS) is 27.1. The summed E-state index contributed by atoms with van der Waals surface area (Å²) >= 11 is 0. The Morgan fingerprint density at radius 2 is 2.15 bits per heavy atom. The van der Waals surface area contributed by atoms with E-state index in [4.69, 9.17) is 5.73 Å². The average Bonchev–Trinajstić information content (AvgIpc) is 1.98. The summed E-state index contributed by atoms with van der Waals surface area (Å²) in [6, 6.07) is 0.671. The minimum atomic E-state index is 0.186. The number of carbonyl (C=O) groups is 1. The van der Waals surface area contributed by atoms with Gasteiger partial charge in [-0.05, 0) is 25.2 Å². The Morgan fingerprint density at radius 3 is 2.62 bits per heavy atom. The fourth-order valence-corrected chi connectivity index (χ4v) is 1.50. The standard InChI is InChI=1S/C10H20N2O/c1-7(2)3-4-10(13)12-9-5-8(11)6-9/h7-9H,3-6,11H2,1-2H3,(H,12,13). The molecule has 0 bridgehead atoms. The molecule has 1 aliphatic rings. The van der Waals surface area contributed by atoms with Crippen molar-refractivity contribution in [1.82, 2.24) is 5.32 Å². The molecule has 76 valence electrons. The molecule has 0 aromatic heterocycles. The van der Waals surface area contributed by atoms with Gasteiger partial charge in [0.1, 0.15) is 0 Å². The van der Waals surface area contributed by atoms with E-state index in [0.717, 1.165) is 19.3 Å². The molecule has 1 amide bonds. The van der Waals surface area contributed by atoms with Crippen LogP contribution in [0.5, 0.6) is 0 Å². The first-order valence-corrected chi connectivity index (χ1v) is 5.13. The van der Waals surface area contributed by atoms with Crippen molar-refractivity contribution in [2.24, 2.45) is 11.7 Å². The molecule has 3 heteroatoms. The van der Waals surface area contributed by atoms with Gasteiger partial charge in [-0.3, -0.25) is 4.79 Å². The topological polar surface area (TPSA) is 55.1 Å². The molecular formula is C10H20N2O. The van der Waals surface area contributed by atoms with Crippen LogP contribution in [-0.4, -0.2) is 18.0 Å². The van der Waals surface area contributed by atoms with Crippen LogP contribution in [0.3, 0.4) is 0 Å². The number of carbonyl (C=O) groups excluding carboxylic acids is 1. The van der Waals surface area contributed by atoms with E-state index in [1.54, 1.807) is 0 Å². The van der Waals surface area contributed by atoms with Crippen molar-refractivity contribution in [3.63, 3.8) is 0 Å². The predicted molar refractivity (Wildman–Crippen MR) is 53.2 cm³/mol. The van der Waals surface area contributed by atoms with Crippen molar-refractivity contribution >= 4 is 5.91 Å². The molecule has 13 heavy (non-hydrogen) atoms. The monoisotopic (exact) mass is 184 g/mol. The van der Waals surface area contributed by atoms with E-state index in [1.165, 1.54) is 0 Å². The maximum atomic E-state index is 11.3. The van der Waals surface area contributed by atoms with Crippen LogP contribution >= 0.6 is 0 Å². The Hall–Kier alpha value is -0.570. The highest BCUT2D eigenvalue weighted by Gasteiger charge is 2.26. The number of hydrogen-bond acceptors (Lipinski definition) is 2. The van der Waals surface area contributed by atoms with E-state index in [-0.39, 0.29) is 5.91 Å². The first kappa shape index (κ1) is 10.5. The molecule has 0 spiro atoms. The summed E-state index contributed by atoms with van der Waals surface area (Å²) < 4.78 is 0. The summed E-state index contributed by atoms with van der Waals surface area (Å²) in [4.78, 5) is 11.3. The average molecular weight is 184 g/mol. The minimum absolute atomic E-state index is 0.186. The first-order valence-electron chi connectivity index (χ1n) is 5.13. The van der Waals surface area contributed by atoms with Gasteiger partial charge in [0.05, 0.1) is 0 Å². The molecule has 0 radical (unpaired) electrons. The highest BCUT2D eigenvalue weighted by Crippen LogP contribution is 2.17.